The number of ketones is 1. The number of alkyl halides is 3. The molecule has 0 amide bonds. The summed E-state index contributed by atoms with van der Waals surface area (Å²) in [5, 5.41) is 0. The minimum atomic E-state index is -4.54. The third kappa shape index (κ3) is 2.25. The molecule has 0 aromatic carbocycles. The fraction of sp³-hybridized carbons (Fsp3) is 0.455. The lowest BCUT2D eigenvalue weighted by Crippen LogP contribution is -2.36. The van der Waals surface area contributed by atoms with Crippen LogP contribution in [-0.4, -0.2) is 16.4 Å². The molecule has 2 heterocycles. The normalized spacial score (nSPS) is 18.5. The second-order valence-electron chi connectivity index (χ2n) is 4.51. The van der Waals surface area contributed by atoms with Crippen LogP contribution in [0.4, 0.5) is 13.2 Å². The first-order valence-electron chi connectivity index (χ1n) is 4.99. The van der Waals surface area contributed by atoms with E-state index in [2.05, 4.69) is 4.98 Å². The number of rotatable bonds is 0. The van der Waals surface area contributed by atoms with Gasteiger partial charge >= 0.3 is 6.18 Å². The summed E-state index contributed by atoms with van der Waals surface area (Å²) in [5.41, 5.74) is -1.76. The van der Waals surface area contributed by atoms with Crippen molar-refractivity contribution in [3.05, 3.63) is 23.4 Å². The Balaban J connectivity index is 2.49. The Bertz CT molecular complexity index is 480. The zero-order chi connectivity index (χ0) is 12.8. The molecule has 0 atom stereocenters. The maximum absolute atomic E-state index is 12.4. The molecule has 6 heteroatoms. The van der Waals surface area contributed by atoms with Gasteiger partial charge in [-0.2, -0.15) is 13.2 Å². The zero-order valence-corrected chi connectivity index (χ0v) is 9.26. The van der Waals surface area contributed by atoms with Gasteiger partial charge in [0.05, 0.1) is 12.0 Å². The van der Waals surface area contributed by atoms with Crippen LogP contribution < -0.4 is 4.74 Å². The Hall–Kier alpha value is -1.59. The summed E-state index contributed by atoms with van der Waals surface area (Å²) in [7, 11) is 0. The maximum atomic E-state index is 12.4. The van der Waals surface area contributed by atoms with E-state index in [4.69, 9.17) is 4.74 Å². The van der Waals surface area contributed by atoms with E-state index in [1.807, 2.05) is 0 Å². The van der Waals surface area contributed by atoms with Gasteiger partial charge in [-0.15, -0.1) is 0 Å². The van der Waals surface area contributed by atoms with E-state index >= 15 is 0 Å². The molecule has 92 valence electrons. The molecule has 1 aromatic rings. The SMILES string of the molecule is CC1(C)CC(=O)c2ccc(C(F)(F)F)nc2O1. The predicted octanol–water partition coefficient (Wildman–Crippen LogP) is 2.84. The van der Waals surface area contributed by atoms with Crippen molar-refractivity contribution in [3.63, 3.8) is 0 Å². The first kappa shape index (κ1) is 11.9. The van der Waals surface area contributed by atoms with Crippen LogP contribution in [0.1, 0.15) is 36.3 Å². The summed E-state index contributed by atoms with van der Waals surface area (Å²) in [6, 6.07) is 1.90. The van der Waals surface area contributed by atoms with Crippen molar-refractivity contribution in [2.45, 2.75) is 32.0 Å². The molecule has 0 saturated heterocycles. The predicted molar refractivity (Wildman–Crippen MR) is 52.9 cm³/mol. The van der Waals surface area contributed by atoms with Gasteiger partial charge in [0.2, 0.25) is 5.88 Å². The van der Waals surface area contributed by atoms with Gasteiger partial charge in [0, 0.05) is 0 Å². The van der Waals surface area contributed by atoms with E-state index in [1.165, 1.54) is 0 Å². The van der Waals surface area contributed by atoms with Gasteiger partial charge in [0.25, 0.3) is 0 Å². The lowest BCUT2D eigenvalue weighted by molar-refractivity contribution is -0.141. The van der Waals surface area contributed by atoms with Crippen LogP contribution in [0.15, 0.2) is 12.1 Å². The molecule has 0 bridgehead atoms. The Morgan fingerprint density at radius 1 is 1.35 bits per heavy atom. The molecule has 2 rings (SSSR count). The van der Waals surface area contributed by atoms with Crippen LogP contribution in [0.2, 0.25) is 0 Å². The fourth-order valence-corrected chi connectivity index (χ4v) is 1.67. The first-order valence-corrected chi connectivity index (χ1v) is 4.99. The Morgan fingerprint density at radius 2 is 2.00 bits per heavy atom. The molecule has 0 fully saturated rings. The van der Waals surface area contributed by atoms with Crippen molar-refractivity contribution in [1.29, 1.82) is 0 Å². The van der Waals surface area contributed by atoms with E-state index in [-0.39, 0.29) is 23.6 Å². The highest BCUT2D eigenvalue weighted by Gasteiger charge is 2.37. The van der Waals surface area contributed by atoms with Crippen LogP contribution in [0, 0.1) is 0 Å². The second kappa shape index (κ2) is 3.45. The number of carbonyl (C=O) groups excluding carboxylic acids is 1. The van der Waals surface area contributed by atoms with Crippen LogP contribution in [0.3, 0.4) is 0 Å². The molecule has 1 aliphatic heterocycles. The van der Waals surface area contributed by atoms with Gasteiger partial charge < -0.3 is 4.74 Å². The number of ether oxygens (including phenoxy) is 1. The number of carbonyl (C=O) groups is 1. The van der Waals surface area contributed by atoms with E-state index in [9.17, 15) is 18.0 Å². The number of fused-ring (bicyclic) bond motifs is 1. The molecule has 17 heavy (non-hydrogen) atoms. The molecule has 0 N–H and O–H groups in total. The number of hydrogen-bond acceptors (Lipinski definition) is 3. The van der Waals surface area contributed by atoms with Crippen molar-refractivity contribution in [2.24, 2.45) is 0 Å². The summed E-state index contributed by atoms with van der Waals surface area (Å²) in [6.45, 7) is 3.27. The smallest absolute Gasteiger partial charge is 0.433 e. The van der Waals surface area contributed by atoms with Gasteiger partial charge in [-0.05, 0) is 26.0 Å². The van der Waals surface area contributed by atoms with Gasteiger partial charge in [-0.25, -0.2) is 4.98 Å². The minimum Gasteiger partial charge on any atom is -0.471 e. The van der Waals surface area contributed by atoms with E-state index in [0.717, 1.165) is 12.1 Å². The van der Waals surface area contributed by atoms with Crippen LogP contribution in [-0.2, 0) is 6.18 Å². The third-order valence-corrected chi connectivity index (χ3v) is 2.41. The number of aromatic nitrogens is 1. The van der Waals surface area contributed by atoms with Crippen molar-refractivity contribution >= 4 is 5.78 Å². The Kier molecular flexibility index (Phi) is 2.41. The summed E-state index contributed by atoms with van der Waals surface area (Å²) in [4.78, 5) is 15.0. The first-order chi connectivity index (χ1) is 7.69. The molecule has 0 aliphatic carbocycles. The molecule has 0 unspecified atom stereocenters. The molecule has 0 spiro atoms. The summed E-state index contributed by atoms with van der Waals surface area (Å²) >= 11 is 0. The topological polar surface area (TPSA) is 39.2 Å². The van der Waals surface area contributed by atoms with E-state index in [1.54, 1.807) is 13.8 Å². The average Bonchev–Trinajstić information content (AvgIpc) is 2.13. The largest absolute Gasteiger partial charge is 0.471 e. The third-order valence-electron chi connectivity index (χ3n) is 2.41. The highest BCUT2D eigenvalue weighted by molar-refractivity contribution is 5.99. The number of pyridine rings is 1. The van der Waals surface area contributed by atoms with Gasteiger partial charge in [-0.3, -0.25) is 4.79 Å². The number of hydrogen-bond donors (Lipinski definition) is 0. The van der Waals surface area contributed by atoms with Crippen LogP contribution in [0.5, 0.6) is 5.88 Å². The second-order valence-corrected chi connectivity index (χ2v) is 4.51. The molecule has 0 radical (unpaired) electrons. The van der Waals surface area contributed by atoms with Crippen LogP contribution in [0.25, 0.3) is 0 Å². The fourth-order valence-electron chi connectivity index (χ4n) is 1.67. The molecule has 1 aromatic heterocycles. The number of halogens is 3. The maximum Gasteiger partial charge on any atom is 0.433 e. The van der Waals surface area contributed by atoms with Crippen molar-refractivity contribution in [2.75, 3.05) is 0 Å². The molecule has 1 aliphatic rings. The quantitative estimate of drug-likeness (QED) is 0.705. The lowest BCUT2D eigenvalue weighted by atomic mass is 9.94. The molecule has 0 saturated carbocycles. The summed E-state index contributed by atoms with van der Waals surface area (Å²) < 4.78 is 42.6. The Morgan fingerprint density at radius 3 is 2.59 bits per heavy atom. The number of Topliss-reactive ketones (excluding diaryl/α,β-unsaturated/α-hetero) is 1. The van der Waals surface area contributed by atoms with Gasteiger partial charge in [0.1, 0.15) is 11.3 Å². The zero-order valence-electron chi connectivity index (χ0n) is 9.26. The minimum absolute atomic E-state index is 0.109. The average molecular weight is 245 g/mol. The summed E-state index contributed by atoms with van der Waals surface area (Å²) in [5.74, 6) is -0.487. The molecular formula is C11H10F3NO2. The van der Waals surface area contributed by atoms with Crippen molar-refractivity contribution < 1.29 is 22.7 Å². The Labute approximate surface area is 95.6 Å². The van der Waals surface area contributed by atoms with E-state index < -0.39 is 17.5 Å². The molecular weight excluding hydrogens is 235 g/mol. The van der Waals surface area contributed by atoms with Gasteiger partial charge in [-0.1, -0.05) is 0 Å². The monoisotopic (exact) mass is 245 g/mol. The van der Waals surface area contributed by atoms with Crippen molar-refractivity contribution in [3.8, 4) is 5.88 Å². The standard InChI is InChI=1S/C11H10F3NO2/c1-10(2)5-7(16)6-3-4-8(11(12,13)14)15-9(6)17-10/h3-4H,5H2,1-2H3. The highest BCUT2D eigenvalue weighted by atomic mass is 19.4. The number of nitrogens with zero attached hydrogens (tertiary/aromatic N) is 1. The molecule has 3 nitrogen and oxygen atoms in total. The van der Waals surface area contributed by atoms with E-state index in [0.29, 0.717) is 0 Å². The lowest BCUT2D eigenvalue weighted by Gasteiger charge is -2.30. The van der Waals surface area contributed by atoms with Crippen molar-refractivity contribution in [1.82, 2.24) is 4.98 Å². The van der Waals surface area contributed by atoms with Crippen LogP contribution >= 0.6 is 0 Å². The summed E-state index contributed by atoms with van der Waals surface area (Å²) in [6.07, 6.45) is -4.41. The van der Waals surface area contributed by atoms with Gasteiger partial charge in [0.15, 0.2) is 5.78 Å². The highest BCUT2D eigenvalue weighted by Crippen LogP contribution is 2.35.